The van der Waals surface area contributed by atoms with E-state index in [2.05, 4.69) is 35.5 Å². The Labute approximate surface area is 170 Å². The maximum atomic E-state index is 5.96. The monoisotopic (exact) mass is 391 g/mol. The first-order chi connectivity index (χ1) is 13.7. The van der Waals surface area contributed by atoms with Gasteiger partial charge in [0.05, 0.1) is 19.8 Å². The van der Waals surface area contributed by atoms with Gasteiger partial charge in [-0.15, -0.1) is 0 Å². The highest BCUT2D eigenvalue weighted by Crippen LogP contribution is 2.18. The first-order valence-electron chi connectivity index (χ1n) is 10.5. The Morgan fingerprint density at radius 1 is 1.25 bits per heavy atom. The van der Waals surface area contributed by atoms with Crippen LogP contribution in [-0.2, 0) is 16.0 Å². The van der Waals surface area contributed by atoms with Crippen molar-refractivity contribution in [3.63, 3.8) is 0 Å². The van der Waals surface area contributed by atoms with Crippen molar-refractivity contribution in [1.82, 2.24) is 10.6 Å². The van der Waals surface area contributed by atoms with E-state index in [1.807, 2.05) is 18.2 Å². The summed E-state index contributed by atoms with van der Waals surface area (Å²) in [6, 6.07) is 8.17. The zero-order valence-electron chi connectivity index (χ0n) is 17.7. The second kappa shape index (κ2) is 13.4. The third-order valence-corrected chi connectivity index (χ3v) is 4.73. The van der Waals surface area contributed by atoms with Gasteiger partial charge in [-0.2, -0.15) is 0 Å². The van der Waals surface area contributed by atoms with E-state index in [1.165, 1.54) is 0 Å². The molecule has 0 aromatic heterocycles. The Morgan fingerprint density at radius 2 is 2.11 bits per heavy atom. The predicted octanol–water partition coefficient (Wildman–Crippen LogP) is 3.22. The molecule has 6 nitrogen and oxygen atoms in total. The van der Waals surface area contributed by atoms with Gasteiger partial charge >= 0.3 is 0 Å². The number of nitrogens with zero attached hydrogens (tertiary/aromatic N) is 1. The van der Waals surface area contributed by atoms with Crippen molar-refractivity contribution in [2.75, 3.05) is 46.6 Å². The number of aliphatic imine (C=N–C) groups is 1. The van der Waals surface area contributed by atoms with E-state index in [1.54, 1.807) is 7.05 Å². The van der Waals surface area contributed by atoms with Gasteiger partial charge in [0.25, 0.3) is 0 Å². The Balaban J connectivity index is 1.63. The highest BCUT2D eigenvalue weighted by atomic mass is 16.5. The van der Waals surface area contributed by atoms with Crippen LogP contribution in [0.3, 0.4) is 0 Å². The van der Waals surface area contributed by atoms with Crippen LogP contribution < -0.4 is 15.4 Å². The maximum Gasteiger partial charge on any atom is 0.191 e. The quantitative estimate of drug-likeness (QED) is 0.325. The van der Waals surface area contributed by atoms with Gasteiger partial charge in [-0.3, -0.25) is 4.99 Å². The summed E-state index contributed by atoms with van der Waals surface area (Å²) in [5.41, 5.74) is 1.14. The van der Waals surface area contributed by atoms with Crippen molar-refractivity contribution in [1.29, 1.82) is 0 Å². The highest BCUT2D eigenvalue weighted by molar-refractivity contribution is 5.79. The van der Waals surface area contributed by atoms with Gasteiger partial charge < -0.3 is 24.8 Å². The van der Waals surface area contributed by atoms with Gasteiger partial charge in [0.2, 0.25) is 0 Å². The molecule has 1 unspecified atom stereocenters. The van der Waals surface area contributed by atoms with Crippen molar-refractivity contribution in [3.05, 3.63) is 29.8 Å². The molecule has 1 saturated heterocycles. The van der Waals surface area contributed by atoms with Gasteiger partial charge in [-0.25, -0.2) is 0 Å². The lowest BCUT2D eigenvalue weighted by Gasteiger charge is -2.15. The summed E-state index contributed by atoms with van der Waals surface area (Å²) in [6.07, 6.45) is 3.13. The first kappa shape index (κ1) is 22.5. The van der Waals surface area contributed by atoms with E-state index in [-0.39, 0.29) is 0 Å². The van der Waals surface area contributed by atoms with Gasteiger partial charge in [0.15, 0.2) is 5.96 Å². The fourth-order valence-electron chi connectivity index (χ4n) is 2.94. The number of hydrogen-bond acceptors (Lipinski definition) is 4. The molecule has 1 aliphatic heterocycles. The van der Waals surface area contributed by atoms with Crippen LogP contribution in [0.5, 0.6) is 5.75 Å². The van der Waals surface area contributed by atoms with E-state index >= 15 is 0 Å². The molecule has 0 radical (unpaired) electrons. The Morgan fingerprint density at radius 3 is 2.86 bits per heavy atom. The minimum absolute atomic E-state index is 0.574. The minimum Gasteiger partial charge on any atom is -0.493 e. The van der Waals surface area contributed by atoms with E-state index in [0.29, 0.717) is 18.4 Å². The normalized spacial score (nSPS) is 17.1. The average molecular weight is 392 g/mol. The number of ether oxygens (including phenoxy) is 3. The minimum atomic E-state index is 0.574. The lowest BCUT2D eigenvalue weighted by Crippen LogP contribution is -2.37. The largest absolute Gasteiger partial charge is 0.493 e. The van der Waals surface area contributed by atoms with Crippen LogP contribution in [-0.4, -0.2) is 52.6 Å². The molecule has 1 atom stereocenters. The number of hydrogen-bond donors (Lipinski definition) is 2. The van der Waals surface area contributed by atoms with E-state index in [4.69, 9.17) is 14.2 Å². The predicted molar refractivity (Wildman–Crippen MR) is 114 cm³/mol. The van der Waals surface area contributed by atoms with Crippen LogP contribution in [0.25, 0.3) is 0 Å². The lowest BCUT2D eigenvalue weighted by molar-refractivity contribution is 0.0888. The number of guanidine groups is 1. The second-order valence-electron chi connectivity index (χ2n) is 7.65. The van der Waals surface area contributed by atoms with Crippen LogP contribution in [0.2, 0.25) is 0 Å². The standard InChI is InChI=1S/C22H37N3O3/c1-18(2)9-14-28-21-8-5-4-7-20(21)15-25-22(23-3)24-11-6-12-26-16-19-10-13-27-17-19/h4-5,7-8,18-19H,6,9-17H2,1-3H3,(H2,23,24,25). The molecular weight excluding hydrogens is 354 g/mol. The zero-order chi connectivity index (χ0) is 20.0. The Bertz CT molecular complexity index is 572. The Hall–Kier alpha value is -1.79. The molecule has 6 heteroatoms. The van der Waals surface area contributed by atoms with Crippen molar-refractivity contribution >= 4 is 5.96 Å². The molecule has 158 valence electrons. The van der Waals surface area contributed by atoms with Crippen molar-refractivity contribution < 1.29 is 14.2 Å². The maximum absolute atomic E-state index is 5.96. The molecule has 0 bridgehead atoms. The molecule has 2 rings (SSSR count). The average Bonchev–Trinajstić information content (AvgIpc) is 3.21. The summed E-state index contributed by atoms with van der Waals surface area (Å²) in [4.78, 5) is 4.30. The number of nitrogens with one attached hydrogen (secondary N) is 2. The molecule has 1 aromatic carbocycles. The molecule has 1 heterocycles. The summed E-state index contributed by atoms with van der Waals surface area (Å²) in [5.74, 6) is 2.95. The molecule has 2 N–H and O–H groups in total. The Kier molecular flexibility index (Phi) is 10.8. The van der Waals surface area contributed by atoms with Gasteiger partial charge in [0.1, 0.15) is 5.75 Å². The molecule has 1 fully saturated rings. The smallest absolute Gasteiger partial charge is 0.191 e. The lowest BCUT2D eigenvalue weighted by atomic mass is 10.1. The van der Waals surface area contributed by atoms with Crippen LogP contribution in [0, 0.1) is 11.8 Å². The van der Waals surface area contributed by atoms with Crippen LogP contribution in [0.4, 0.5) is 0 Å². The summed E-state index contributed by atoms with van der Waals surface area (Å²) in [5, 5.41) is 6.70. The first-order valence-corrected chi connectivity index (χ1v) is 10.5. The van der Waals surface area contributed by atoms with E-state index < -0.39 is 0 Å². The number of para-hydroxylation sites is 1. The van der Waals surface area contributed by atoms with Gasteiger partial charge in [-0.1, -0.05) is 32.0 Å². The molecule has 0 amide bonds. The molecule has 28 heavy (non-hydrogen) atoms. The zero-order valence-corrected chi connectivity index (χ0v) is 17.7. The van der Waals surface area contributed by atoms with Crippen molar-refractivity contribution in [2.24, 2.45) is 16.8 Å². The number of rotatable bonds is 12. The third-order valence-electron chi connectivity index (χ3n) is 4.73. The molecule has 1 aromatic rings. The SMILES string of the molecule is CN=C(NCCCOCC1CCOC1)NCc1ccccc1OCCC(C)C. The third kappa shape index (κ3) is 8.93. The second-order valence-corrected chi connectivity index (χ2v) is 7.65. The van der Waals surface area contributed by atoms with Crippen molar-refractivity contribution in [3.8, 4) is 5.75 Å². The molecule has 1 aliphatic rings. The summed E-state index contributed by atoms with van der Waals surface area (Å²) in [6.45, 7) is 9.95. The summed E-state index contributed by atoms with van der Waals surface area (Å²) < 4.78 is 17.1. The summed E-state index contributed by atoms with van der Waals surface area (Å²) >= 11 is 0. The summed E-state index contributed by atoms with van der Waals surface area (Å²) in [7, 11) is 1.79. The molecular formula is C22H37N3O3. The highest BCUT2D eigenvalue weighted by Gasteiger charge is 2.15. The van der Waals surface area contributed by atoms with Crippen LogP contribution in [0.15, 0.2) is 29.3 Å². The van der Waals surface area contributed by atoms with Crippen LogP contribution >= 0.6 is 0 Å². The molecule has 0 saturated carbocycles. The number of benzene rings is 1. The molecule has 0 spiro atoms. The van der Waals surface area contributed by atoms with E-state index in [0.717, 1.165) is 76.1 Å². The van der Waals surface area contributed by atoms with E-state index in [9.17, 15) is 0 Å². The van der Waals surface area contributed by atoms with Crippen LogP contribution in [0.1, 0.15) is 38.7 Å². The topological polar surface area (TPSA) is 64.1 Å². The van der Waals surface area contributed by atoms with Gasteiger partial charge in [0, 0.05) is 44.8 Å². The fourth-order valence-corrected chi connectivity index (χ4v) is 2.94. The van der Waals surface area contributed by atoms with Gasteiger partial charge in [-0.05, 0) is 31.2 Å². The van der Waals surface area contributed by atoms with Crippen molar-refractivity contribution in [2.45, 2.75) is 39.7 Å². The molecule has 0 aliphatic carbocycles. The fraction of sp³-hybridized carbons (Fsp3) is 0.682.